The standard InChI is InChI=1S/2C35H69NO2.H2O4S/c2*1-4-6-8-10-12-14-16-18-20-22-24-26-28-30-34(37)33(32-36-3)35(38)31-29-27-25-23-21-19-17-15-13-11-9-7-5-2;1-5(2,3)4/h2*33,36H,4-32H2,1-3H3;(H2,1,2,3,4). The fourth-order valence-corrected chi connectivity index (χ4v) is 11.2. The molecule has 0 radical (unpaired) electrons. The van der Waals surface area contributed by atoms with Gasteiger partial charge in [0.25, 0.3) is 0 Å². The number of nitrogens with one attached hydrogen (secondary N) is 2. The van der Waals surface area contributed by atoms with Gasteiger partial charge < -0.3 is 10.6 Å². The van der Waals surface area contributed by atoms with Crippen molar-refractivity contribution >= 4 is 33.5 Å². The molecule has 0 aliphatic heterocycles. The van der Waals surface area contributed by atoms with Crippen LogP contribution >= 0.6 is 0 Å². The van der Waals surface area contributed by atoms with E-state index in [4.69, 9.17) is 17.5 Å². The molecule has 4 N–H and O–H groups in total. The molecule has 0 amide bonds. The van der Waals surface area contributed by atoms with Crippen LogP contribution in [0.15, 0.2) is 0 Å². The maximum absolute atomic E-state index is 12.7. The van der Waals surface area contributed by atoms with Crippen molar-refractivity contribution in [1.82, 2.24) is 10.6 Å². The Labute approximate surface area is 504 Å². The van der Waals surface area contributed by atoms with E-state index >= 15 is 0 Å². The van der Waals surface area contributed by atoms with Gasteiger partial charge in [0, 0.05) is 38.8 Å². The van der Waals surface area contributed by atoms with E-state index in [-0.39, 0.29) is 23.1 Å². The van der Waals surface area contributed by atoms with Crippen LogP contribution in [0.3, 0.4) is 0 Å². The van der Waals surface area contributed by atoms with Crippen LogP contribution in [-0.4, -0.2) is 67.8 Å². The number of carbonyl (C=O) groups excluding carboxylic acids is 4. The lowest BCUT2D eigenvalue weighted by atomic mass is 9.91. The van der Waals surface area contributed by atoms with Crippen molar-refractivity contribution < 1.29 is 36.7 Å². The summed E-state index contributed by atoms with van der Waals surface area (Å²) in [6.07, 6.45) is 70.5. The molecule has 484 valence electrons. The molecule has 0 aromatic rings. The SMILES string of the molecule is CCCCCCCCCCCCCCCC(=O)C(CNC)C(=O)CCCCCCCCCCCCCCC.CCCCCCCCCCCCCCCC(=O)C(CNC)C(=O)CCCCCCCCCCCCCCC.O=S(=O)(O)O. The Morgan fingerprint density at radius 1 is 0.259 bits per heavy atom. The molecule has 0 atom stereocenters. The lowest BCUT2D eigenvalue weighted by Crippen LogP contribution is -2.33. The van der Waals surface area contributed by atoms with Gasteiger partial charge in [0.05, 0.1) is 11.8 Å². The number of carbonyl (C=O) groups is 4. The normalized spacial score (nSPS) is 11.5. The van der Waals surface area contributed by atoms with E-state index in [1.807, 2.05) is 14.1 Å². The first-order chi connectivity index (χ1) is 39.3. The number of ketones is 4. The van der Waals surface area contributed by atoms with Gasteiger partial charge in [-0.15, -0.1) is 0 Å². The second-order valence-corrected chi connectivity index (χ2v) is 25.4. The number of Topliss-reactive ketones (excluding diaryl/α,β-unsaturated/α-hetero) is 4. The van der Waals surface area contributed by atoms with Crippen molar-refractivity contribution in [2.45, 2.75) is 387 Å². The number of unbranched alkanes of at least 4 members (excludes halogenated alkanes) is 48. The van der Waals surface area contributed by atoms with Crippen molar-refractivity contribution in [1.29, 1.82) is 0 Å². The summed E-state index contributed by atoms with van der Waals surface area (Å²) in [6, 6.07) is 0. The fourth-order valence-electron chi connectivity index (χ4n) is 11.2. The Bertz CT molecular complexity index is 1240. The highest BCUT2D eigenvalue weighted by molar-refractivity contribution is 7.79. The van der Waals surface area contributed by atoms with E-state index in [1.54, 1.807) is 0 Å². The van der Waals surface area contributed by atoms with Crippen LogP contribution in [0.1, 0.15) is 387 Å². The van der Waals surface area contributed by atoms with E-state index < -0.39 is 22.2 Å². The van der Waals surface area contributed by atoms with Crippen molar-refractivity contribution in [2.24, 2.45) is 11.8 Å². The van der Waals surface area contributed by atoms with Gasteiger partial charge in [-0.3, -0.25) is 28.3 Å². The van der Waals surface area contributed by atoms with E-state index in [0.717, 1.165) is 51.4 Å². The van der Waals surface area contributed by atoms with E-state index in [2.05, 4.69) is 38.3 Å². The summed E-state index contributed by atoms with van der Waals surface area (Å²) >= 11 is 0. The zero-order chi connectivity index (χ0) is 60.4. The molecule has 0 aromatic heterocycles. The van der Waals surface area contributed by atoms with E-state index in [0.29, 0.717) is 38.8 Å². The molecule has 0 aliphatic rings. The molecule has 0 aromatic carbocycles. The first kappa shape index (κ1) is 83.7. The van der Waals surface area contributed by atoms with Gasteiger partial charge >= 0.3 is 10.4 Å². The molecule has 0 saturated carbocycles. The van der Waals surface area contributed by atoms with Gasteiger partial charge in [-0.2, -0.15) is 8.42 Å². The second-order valence-electron chi connectivity index (χ2n) is 24.5. The molecular weight excluding hydrogens is 1030 g/mol. The molecule has 81 heavy (non-hydrogen) atoms. The monoisotopic (exact) mass is 1170 g/mol. The number of rotatable bonds is 64. The maximum Gasteiger partial charge on any atom is 0.394 e. The maximum atomic E-state index is 12.7. The van der Waals surface area contributed by atoms with Crippen LogP contribution < -0.4 is 10.6 Å². The zero-order valence-electron chi connectivity index (χ0n) is 54.9. The van der Waals surface area contributed by atoms with Crippen molar-refractivity contribution in [3.05, 3.63) is 0 Å². The van der Waals surface area contributed by atoms with Crippen LogP contribution in [0.25, 0.3) is 0 Å². The predicted octanol–water partition coefficient (Wildman–Crippen LogP) is 21.2. The summed E-state index contributed by atoms with van der Waals surface area (Å²) < 4.78 is 31.6. The highest BCUT2D eigenvalue weighted by Crippen LogP contribution is 2.20. The third-order valence-electron chi connectivity index (χ3n) is 16.5. The molecule has 0 heterocycles. The van der Waals surface area contributed by atoms with Gasteiger partial charge in [0.2, 0.25) is 0 Å². The summed E-state index contributed by atoms with van der Waals surface area (Å²) in [6.45, 7) is 10.1. The zero-order valence-corrected chi connectivity index (χ0v) is 55.7. The van der Waals surface area contributed by atoms with Crippen molar-refractivity contribution in [3.8, 4) is 0 Å². The Morgan fingerprint density at radius 2 is 0.370 bits per heavy atom. The largest absolute Gasteiger partial charge is 0.394 e. The minimum atomic E-state index is -4.67. The van der Waals surface area contributed by atoms with Crippen molar-refractivity contribution in [3.63, 3.8) is 0 Å². The van der Waals surface area contributed by atoms with Gasteiger partial charge in [0.15, 0.2) is 0 Å². The topological polar surface area (TPSA) is 167 Å². The lowest BCUT2D eigenvalue weighted by Gasteiger charge is -2.14. The molecule has 0 fully saturated rings. The number of hydrogen-bond acceptors (Lipinski definition) is 8. The summed E-state index contributed by atoms with van der Waals surface area (Å²) in [5.41, 5.74) is 0. The Kier molecular flexibility index (Phi) is 71.5. The van der Waals surface area contributed by atoms with Crippen LogP contribution in [-0.2, 0) is 29.6 Å². The van der Waals surface area contributed by atoms with E-state index in [1.165, 1.54) is 283 Å². The van der Waals surface area contributed by atoms with Gasteiger partial charge in [-0.1, -0.05) is 336 Å². The first-order valence-electron chi connectivity index (χ1n) is 35.4. The van der Waals surface area contributed by atoms with Crippen LogP contribution in [0, 0.1) is 11.8 Å². The predicted molar refractivity (Wildman–Crippen MR) is 350 cm³/mol. The molecule has 0 unspecified atom stereocenters. The summed E-state index contributed by atoms with van der Waals surface area (Å²) in [5, 5.41) is 6.17. The second kappa shape index (κ2) is 69.2. The summed E-state index contributed by atoms with van der Waals surface area (Å²) in [5.74, 6) is -0.169. The number of hydrogen-bond donors (Lipinski definition) is 4. The lowest BCUT2D eigenvalue weighted by molar-refractivity contribution is -0.134. The highest BCUT2D eigenvalue weighted by atomic mass is 32.3. The van der Waals surface area contributed by atoms with Crippen LogP contribution in [0.2, 0.25) is 0 Å². The highest BCUT2D eigenvalue weighted by Gasteiger charge is 2.25. The summed E-state index contributed by atoms with van der Waals surface area (Å²) in [4.78, 5) is 51.0. The summed E-state index contributed by atoms with van der Waals surface area (Å²) in [7, 11) is -0.964. The molecule has 0 rings (SSSR count). The molecule has 10 nitrogen and oxygen atoms in total. The Balaban J connectivity index is -0.00000138. The third-order valence-corrected chi connectivity index (χ3v) is 16.5. The first-order valence-corrected chi connectivity index (χ1v) is 36.8. The average Bonchev–Trinajstić information content (AvgIpc) is 3.44. The minimum absolute atomic E-state index is 0.169. The quantitative estimate of drug-likeness (QED) is 0.0261. The van der Waals surface area contributed by atoms with E-state index in [9.17, 15) is 19.2 Å². The Hall–Kier alpha value is -1.53. The molecule has 0 aliphatic carbocycles. The molecule has 11 heteroatoms. The van der Waals surface area contributed by atoms with Gasteiger partial charge in [-0.05, 0) is 39.8 Å². The average molecular weight is 1170 g/mol. The molecule has 0 saturated heterocycles. The van der Waals surface area contributed by atoms with Gasteiger partial charge in [0.1, 0.15) is 23.1 Å². The Morgan fingerprint density at radius 3 is 0.481 bits per heavy atom. The van der Waals surface area contributed by atoms with Gasteiger partial charge in [-0.25, -0.2) is 0 Å². The fraction of sp³-hybridized carbons (Fsp3) is 0.943. The van der Waals surface area contributed by atoms with Crippen molar-refractivity contribution in [2.75, 3.05) is 27.2 Å². The molecular formula is C70H140N2O8S. The van der Waals surface area contributed by atoms with Crippen LogP contribution in [0.4, 0.5) is 0 Å². The van der Waals surface area contributed by atoms with Crippen LogP contribution in [0.5, 0.6) is 0 Å². The molecule has 0 spiro atoms. The smallest absolute Gasteiger partial charge is 0.319 e. The minimum Gasteiger partial charge on any atom is -0.319 e. The third kappa shape index (κ3) is 70.9. The molecule has 0 bridgehead atoms.